The number of imide groups is 2. The number of rotatable bonds is 5. The van der Waals surface area contributed by atoms with Crippen molar-refractivity contribution >= 4 is 35.0 Å². The Morgan fingerprint density at radius 1 is 0.864 bits per heavy atom. The molecule has 44 heavy (non-hydrogen) atoms. The molecule has 4 amide bonds. The summed E-state index contributed by atoms with van der Waals surface area (Å²) in [5, 5.41) is 11.2. The minimum absolute atomic E-state index is 0.0238. The van der Waals surface area contributed by atoms with Crippen molar-refractivity contribution in [2.24, 2.45) is 29.1 Å². The van der Waals surface area contributed by atoms with E-state index < -0.39 is 35.0 Å². The predicted octanol–water partition coefficient (Wildman–Crippen LogP) is 5.40. The number of carbonyl (C=O) groups excluding carboxylic acids is 4. The van der Waals surface area contributed by atoms with Crippen LogP contribution in [0, 0.1) is 29.1 Å². The van der Waals surface area contributed by atoms with Crippen LogP contribution in [0.3, 0.4) is 0 Å². The smallest absolute Gasteiger partial charge is 0.241 e. The monoisotopic (exact) mass is 590 g/mol. The highest BCUT2D eigenvalue weighted by Gasteiger charge is 2.68. The van der Waals surface area contributed by atoms with Gasteiger partial charge in [0.1, 0.15) is 11.5 Å². The van der Waals surface area contributed by atoms with E-state index in [1.165, 1.54) is 23.0 Å². The molecule has 3 aromatic carbocycles. The van der Waals surface area contributed by atoms with Crippen LogP contribution in [0.1, 0.15) is 43.7 Å². The van der Waals surface area contributed by atoms with Gasteiger partial charge in [0.2, 0.25) is 23.6 Å². The molecule has 0 spiro atoms. The van der Waals surface area contributed by atoms with Crippen molar-refractivity contribution in [2.75, 3.05) is 16.9 Å². The zero-order chi connectivity index (χ0) is 30.9. The molecule has 2 aliphatic heterocycles. The van der Waals surface area contributed by atoms with E-state index in [1.807, 2.05) is 43.3 Å². The molecule has 0 bridgehead atoms. The van der Waals surface area contributed by atoms with Gasteiger partial charge in [-0.25, -0.2) is 4.90 Å². The number of para-hydroxylation sites is 1. The van der Waals surface area contributed by atoms with Crippen LogP contribution in [0.4, 0.5) is 11.4 Å². The lowest BCUT2D eigenvalue weighted by Crippen LogP contribution is -2.48. The first kappa shape index (κ1) is 28.1. The first-order valence-electron chi connectivity index (χ1n) is 15.2. The second kappa shape index (κ2) is 10.2. The van der Waals surface area contributed by atoms with Crippen LogP contribution in [0.5, 0.6) is 11.5 Å². The molecule has 224 valence electrons. The number of ether oxygens (including phenoxy) is 1. The summed E-state index contributed by atoms with van der Waals surface area (Å²) in [5.41, 5.74) is 2.16. The number of fused-ring (bicyclic) bond motifs is 4. The van der Waals surface area contributed by atoms with Crippen molar-refractivity contribution in [3.05, 3.63) is 95.6 Å². The normalized spacial score (nSPS) is 29.3. The summed E-state index contributed by atoms with van der Waals surface area (Å²) in [6.07, 6.45) is 3.40. The minimum Gasteiger partial charge on any atom is -0.508 e. The van der Waals surface area contributed by atoms with Gasteiger partial charge < -0.3 is 9.84 Å². The summed E-state index contributed by atoms with van der Waals surface area (Å²) in [4.78, 5) is 59.3. The van der Waals surface area contributed by atoms with Gasteiger partial charge in [-0.1, -0.05) is 48.9 Å². The lowest BCUT2D eigenvalue weighted by Gasteiger charge is -2.49. The number of amides is 4. The van der Waals surface area contributed by atoms with E-state index in [4.69, 9.17) is 4.74 Å². The fourth-order valence-corrected chi connectivity index (χ4v) is 8.21. The van der Waals surface area contributed by atoms with Gasteiger partial charge in [-0.15, -0.1) is 0 Å². The second-order valence-corrected chi connectivity index (χ2v) is 12.5. The zero-order valence-corrected chi connectivity index (χ0v) is 24.9. The number of hydrogen-bond donors (Lipinski definition) is 1. The average Bonchev–Trinajstić information content (AvgIpc) is 3.41. The van der Waals surface area contributed by atoms with Crippen LogP contribution in [0.25, 0.3) is 0 Å². The van der Waals surface area contributed by atoms with Gasteiger partial charge in [-0.3, -0.25) is 24.1 Å². The number of nitrogens with zero attached hydrogens (tertiary/aromatic N) is 2. The molecule has 3 fully saturated rings. The second-order valence-electron chi connectivity index (χ2n) is 12.5. The van der Waals surface area contributed by atoms with Crippen molar-refractivity contribution in [1.82, 2.24) is 0 Å². The van der Waals surface area contributed by atoms with Crippen LogP contribution >= 0.6 is 0 Å². The van der Waals surface area contributed by atoms with Crippen LogP contribution in [-0.4, -0.2) is 35.8 Å². The van der Waals surface area contributed by atoms with E-state index in [2.05, 4.69) is 0 Å². The highest BCUT2D eigenvalue weighted by molar-refractivity contribution is 6.25. The molecule has 1 N–H and O–H groups in total. The third-order valence-electron chi connectivity index (χ3n) is 10.4. The summed E-state index contributed by atoms with van der Waals surface area (Å²) >= 11 is 0. The molecule has 7 rings (SSSR count). The number of benzene rings is 3. The summed E-state index contributed by atoms with van der Waals surface area (Å²) in [5.74, 6) is -3.93. The van der Waals surface area contributed by atoms with Crippen molar-refractivity contribution in [3.63, 3.8) is 0 Å². The molecule has 2 heterocycles. The van der Waals surface area contributed by atoms with Crippen molar-refractivity contribution in [3.8, 4) is 11.5 Å². The van der Waals surface area contributed by atoms with Crippen LogP contribution in [0.2, 0.25) is 0 Å². The summed E-state index contributed by atoms with van der Waals surface area (Å²) in [6.45, 7) is 3.85. The molecule has 8 heteroatoms. The number of phenols is 1. The van der Waals surface area contributed by atoms with Gasteiger partial charge in [0, 0.05) is 11.5 Å². The fourth-order valence-electron chi connectivity index (χ4n) is 8.21. The molecule has 8 nitrogen and oxygen atoms in total. The maximum atomic E-state index is 14.5. The summed E-state index contributed by atoms with van der Waals surface area (Å²) in [7, 11) is 1.53. The Morgan fingerprint density at radius 3 is 2.25 bits per heavy atom. The first-order valence-corrected chi connectivity index (χ1v) is 15.2. The topological polar surface area (TPSA) is 104 Å². The lowest BCUT2D eigenvalue weighted by atomic mass is 9.51. The van der Waals surface area contributed by atoms with E-state index >= 15 is 0 Å². The first-order chi connectivity index (χ1) is 21.2. The Balaban J connectivity index is 1.37. The molecule has 6 unspecified atom stereocenters. The van der Waals surface area contributed by atoms with E-state index in [-0.39, 0.29) is 35.8 Å². The number of aromatic hydroxyl groups is 1. The lowest BCUT2D eigenvalue weighted by molar-refractivity contribution is -0.131. The predicted molar refractivity (Wildman–Crippen MR) is 164 cm³/mol. The van der Waals surface area contributed by atoms with Gasteiger partial charge in [-0.2, -0.15) is 0 Å². The molecule has 2 saturated heterocycles. The van der Waals surface area contributed by atoms with E-state index in [1.54, 1.807) is 43.3 Å². The number of allylic oxidation sites excluding steroid dienone is 2. The highest BCUT2D eigenvalue weighted by atomic mass is 16.5. The SMILES string of the molecule is CCc1ccc(N2C(=O)C3CC=C4C(CC5C(=O)N(c6ccccc6)C(=O)C5(C)C4c4cc(OC)ccc4O)C3C2=O)cc1. The minimum atomic E-state index is -1.24. The van der Waals surface area contributed by atoms with Crippen molar-refractivity contribution in [1.29, 1.82) is 0 Å². The Labute approximate surface area is 255 Å². The molecule has 3 aromatic rings. The standard InChI is InChI=1S/C36H34N2O6/c1-4-20-10-12-22(13-11-20)37-32(40)25-16-15-24-26(30(25)34(37)42)19-28-33(41)38(21-8-6-5-7-9-21)35(43)36(28,2)31(24)27-18-23(44-3)14-17-29(27)39/h5-15,17-18,25-26,28,30-31,39H,4,16,19H2,1-3H3. The third-order valence-corrected chi connectivity index (χ3v) is 10.4. The van der Waals surface area contributed by atoms with Crippen LogP contribution < -0.4 is 14.5 Å². The van der Waals surface area contributed by atoms with E-state index in [0.29, 0.717) is 29.1 Å². The quantitative estimate of drug-likeness (QED) is 0.315. The number of phenolic OH excluding ortho intramolecular Hbond substituents is 1. The molecular weight excluding hydrogens is 556 g/mol. The average molecular weight is 591 g/mol. The highest BCUT2D eigenvalue weighted by Crippen LogP contribution is 2.64. The molecule has 4 aliphatic rings. The van der Waals surface area contributed by atoms with Gasteiger partial charge in [0.15, 0.2) is 0 Å². The number of carbonyl (C=O) groups is 4. The molecule has 6 atom stereocenters. The van der Waals surface area contributed by atoms with Crippen molar-refractivity contribution in [2.45, 2.75) is 39.0 Å². The molecule has 0 radical (unpaired) electrons. The number of aryl methyl sites for hydroxylation is 1. The summed E-state index contributed by atoms with van der Waals surface area (Å²) < 4.78 is 5.50. The number of hydrogen-bond acceptors (Lipinski definition) is 6. The molecule has 2 aliphatic carbocycles. The Bertz CT molecular complexity index is 1730. The van der Waals surface area contributed by atoms with Crippen molar-refractivity contribution < 1.29 is 29.0 Å². The number of anilines is 2. The zero-order valence-electron chi connectivity index (χ0n) is 24.9. The summed E-state index contributed by atoms with van der Waals surface area (Å²) in [6, 6.07) is 21.2. The maximum absolute atomic E-state index is 14.5. The van der Waals surface area contributed by atoms with E-state index in [0.717, 1.165) is 17.6 Å². The Kier molecular flexibility index (Phi) is 6.50. The Hall–Kier alpha value is -4.72. The third kappa shape index (κ3) is 3.82. The molecule has 1 saturated carbocycles. The maximum Gasteiger partial charge on any atom is 0.241 e. The molecular formula is C36H34N2O6. The van der Waals surface area contributed by atoms with Crippen LogP contribution in [0.15, 0.2) is 84.4 Å². The fraction of sp³-hybridized carbons (Fsp3) is 0.333. The van der Waals surface area contributed by atoms with Gasteiger partial charge in [0.25, 0.3) is 0 Å². The largest absolute Gasteiger partial charge is 0.508 e. The molecule has 0 aromatic heterocycles. The number of methoxy groups -OCH3 is 1. The van der Waals surface area contributed by atoms with Gasteiger partial charge in [-0.05, 0) is 80.1 Å². The van der Waals surface area contributed by atoms with Gasteiger partial charge in [0.05, 0.1) is 41.7 Å². The van der Waals surface area contributed by atoms with E-state index in [9.17, 15) is 24.3 Å². The Morgan fingerprint density at radius 2 is 1.57 bits per heavy atom. The van der Waals surface area contributed by atoms with Gasteiger partial charge >= 0.3 is 0 Å². The van der Waals surface area contributed by atoms with Crippen LogP contribution in [-0.2, 0) is 25.6 Å².